The second-order valence-corrected chi connectivity index (χ2v) is 10.2. The van der Waals surface area contributed by atoms with Crippen LogP contribution in [0, 0.1) is 0 Å². The van der Waals surface area contributed by atoms with Gasteiger partial charge in [0.1, 0.15) is 0 Å². The van der Waals surface area contributed by atoms with E-state index in [1.165, 1.54) is 34.5 Å². The van der Waals surface area contributed by atoms with Crippen molar-refractivity contribution in [1.82, 2.24) is 4.98 Å². The lowest BCUT2D eigenvalue weighted by Crippen LogP contribution is -2.33. The van der Waals surface area contributed by atoms with Crippen molar-refractivity contribution < 1.29 is 0 Å². The molecule has 1 heterocycles. The fraction of sp³-hybridized carbons (Fsp3) is 0.609. The summed E-state index contributed by atoms with van der Waals surface area (Å²) in [5.41, 5.74) is 12.1. The molecule has 2 aromatic rings. The van der Waals surface area contributed by atoms with Gasteiger partial charge in [-0.1, -0.05) is 53.2 Å². The topological polar surface area (TPSA) is 38.9 Å². The van der Waals surface area contributed by atoms with E-state index in [9.17, 15) is 0 Å². The Balaban J connectivity index is 1.83. The van der Waals surface area contributed by atoms with Crippen LogP contribution in [0.5, 0.6) is 0 Å². The summed E-state index contributed by atoms with van der Waals surface area (Å²) in [6, 6.07) is 7.32. The van der Waals surface area contributed by atoms with E-state index < -0.39 is 0 Å². The number of nitrogens with zero attached hydrogens (tertiary/aromatic N) is 1. The minimum absolute atomic E-state index is 0.243. The Labute approximate surface area is 163 Å². The summed E-state index contributed by atoms with van der Waals surface area (Å²) in [4.78, 5) is 4.91. The fourth-order valence-electron chi connectivity index (χ4n) is 4.13. The van der Waals surface area contributed by atoms with Gasteiger partial charge in [0.2, 0.25) is 0 Å². The van der Waals surface area contributed by atoms with E-state index in [1.807, 2.05) is 0 Å². The van der Waals surface area contributed by atoms with Crippen molar-refractivity contribution in [1.29, 1.82) is 0 Å². The SMILES string of the molecule is CCCC(N)CCc1nc(-c2ccc3c(c2)C(C)(C)CCC3(C)C)cs1. The van der Waals surface area contributed by atoms with Crippen molar-refractivity contribution in [3.05, 3.63) is 39.7 Å². The Morgan fingerprint density at radius 1 is 1.08 bits per heavy atom. The number of fused-ring (bicyclic) bond motifs is 1. The zero-order valence-electron chi connectivity index (χ0n) is 17.1. The first-order valence-corrected chi connectivity index (χ1v) is 11.0. The van der Waals surface area contributed by atoms with E-state index in [2.05, 4.69) is 58.2 Å². The summed E-state index contributed by atoms with van der Waals surface area (Å²) in [6.45, 7) is 11.7. The molecule has 0 saturated heterocycles. The first-order valence-electron chi connectivity index (χ1n) is 10.1. The Kier molecular flexibility index (Phi) is 5.60. The third-order valence-electron chi connectivity index (χ3n) is 6.09. The minimum Gasteiger partial charge on any atom is -0.328 e. The highest BCUT2D eigenvalue weighted by Gasteiger charge is 2.37. The van der Waals surface area contributed by atoms with Gasteiger partial charge < -0.3 is 5.73 Å². The molecular weight excluding hydrogens is 336 g/mol. The number of benzene rings is 1. The second-order valence-electron chi connectivity index (χ2n) is 9.24. The number of thiazole rings is 1. The Bertz CT molecular complexity index is 757. The van der Waals surface area contributed by atoms with Crippen molar-refractivity contribution in [3.8, 4) is 11.3 Å². The lowest BCUT2D eigenvalue weighted by molar-refractivity contribution is 0.332. The summed E-state index contributed by atoms with van der Waals surface area (Å²) in [6.07, 6.45) is 6.79. The van der Waals surface area contributed by atoms with Crippen LogP contribution in [0.25, 0.3) is 11.3 Å². The maximum Gasteiger partial charge on any atom is 0.0933 e. The molecular formula is C23H34N2S. The van der Waals surface area contributed by atoms with Gasteiger partial charge >= 0.3 is 0 Å². The molecule has 0 amide bonds. The monoisotopic (exact) mass is 370 g/mol. The molecule has 1 unspecified atom stereocenters. The lowest BCUT2D eigenvalue weighted by atomic mass is 9.63. The number of hydrogen-bond donors (Lipinski definition) is 1. The molecule has 0 spiro atoms. The molecule has 1 aromatic carbocycles. The van der Waals surface area contributed by atoms with Crippen molar-refractivity contribution >= 4 is 11.3 Å². The predicted molar refractivity (Wildman–Crippen MR) is 114 cm³/mol. The predicted octanol–water partition coefficient (Wildman–Crippen LogP) is 6.22. The number of hydrogen-bond acceptors (Lipinski definition) is 3. The van der Waals surface area contributed by atoms with Crippen LogP contribution in [0.2, 0.25) is 0 Å². The van der Waals surface area contributed by atoms with Crippen LogP contribution in [0.15, 0.2) is 23.6 Å². The highest BCUT2D eigenvalue weighted by molar-refractivity contribution is 7.09. The summed E-state index contributed by atoms with van der Waals surface area (Å²) in [5.74, 6) is 0. The van der Waals surface area contributed by atoms with Gasteiger partial charge in [0, 0.05) is 23.4 Å². The molecule has 0 saturated carbocycles. The lowest BCUT2D eigenvalue weighted by Gasteiger charge is -2.42. The average Bonchev–Trinajstić information content (AvgIpc) is 3.06. The van der Waals surface area contributed by atoms with E-state index in [0.717, 1.165) is 31.4 Å². The molecule has 3 heteroatoms. The van der Waals surface area contributed by atoms with Gasteiger partial charge in [-0.05, 0) is 53.7 Å². The van der Waals surface area contributed by atoms with Crippen LogP contribution in [0.1, 0.15) is 82.9 Å². The molecule has 0 radical (unpaired) electrons. The maximum absolute atomic E-state index is 6.16. The molecule has 2 N–H and O–H groups in total. The molecule has 0 bridgehead atoms. The van der Waals surface area contributed by atoms with Crippen molar-refractivity contribution in [2.75, 3.05) is 0 Å². The highest BCUT2D eigenvalue weighted by Crippen LogP contribution is 2.46. The summed E-state index contributed by atoms with van der Waals surface area (Å²) in [5, 5.41) is 3.42. The van der Waals surface area contributed by atoms with Crippen molar-refractivity contribution in [2.45, 2.75) is 90.0 Å². The quantitative estimate of drug-likeness (QED) is 0.655. The van der Waals surface area contributed by atoms with Crippen molar-refractivity contribution in [2.24, 2.45) is 5.73 Å². The molecule has 0 aliphatic heterocycles. The molecule has 142 valence electrons. The standard InChI is InChI=1S/C23H34N2S/c1-6-7-17(24)9-11-21-25-20(15-26-21)16-8-10-18-19(14-16)23(4,5)13-12-22(18,2)3/h8,10,14-15,17H,6-7,9,11-13,24H2,1-5H3. The zero-order valence-corrected chi connectivity index (χ0v) is 17.9. The van der Waals surface area contributed by atoms with Crippen LogP contribution in [0.3, 0.4) is 0 Å². The van der Waals surface area contributed by atoms with Gasteiger partial charge in [-0.2, -0.15) is 0 Å². The smallest absolute Gasteiger partial charge is 0.0933 e. The van der Waals surface area contributed by atoms with Gasteiger partial charge in [0.05, 0.1) is 10.7 Å². The number of rotatable bonds is 6. The van der Waals surface area contributed by atoms with Gasteiger partial charge in [-0.3, -0.25) is 0 Å². The molecule has 26 heavy (non-hydrogen) atoms. The molecule has 0 fully saturated rings. The molecule has 1 aromatic heterocycles. The van der Waals surface area contributed by atoms with Crippen LogP contribution in [-0.2, 0) is 17.3 Å². The van der Waals surface area contributed by atoms with Crippen molar-refractivity contribution in [3.63, 3.8) is 0 Å². The number of aromatic nitrogens is 1. The number of nitrogens with two attached hydrogens (primary N) is 1. The zero-order chi connectivity index (χ0) is 18.9. The maximum atomic E-state index is 6.16. The second kappa shape index (κ2) is 7.44. The molecule has 1 aliphatic rings. The van der Waals surface area contributed by atoms with Gasteiger partial charge in [-0.25, -0.2) is 4.98 Å². The number of aryl methyl sites for hydroxylation is 1. The van der Waals surface area contributed by atoms with Crippen LogP contribution < -0.4 is 5.73 Å². The third kappa shape index (κ3) is 4.04. The van der Waals surface area contributed by atoms with Crippen LogP contribution in [0.4, 0.5) is 0 Å². The Morgan fingerprint density at radius 2 is 1.77 bits per heavy atom. The Morgan fingerprint density at radius 3 is 2.46 bits per heavy atom. The van der Waals surface area contributed by atoms with E-state index >= 15 is 0 Å². The van der Waals surface area contributed by atoms with Crippen LogP contribution >= 0.6 is 11.3 Å². The minimum atomic E-state index is 0.243. The van der Waals surface area contributed by atoms with Gasteiger partial charge in [0.15, 0.2) is 0 Å². The fourth-order valence-corrected chi connectivity index (χ4v) is 4.95. The van der Waals surface area contributed by atoms with E-state index in [1.54, 1.807) is 11.3 Å². The highest BCUT2D eigenvalue weighted by atomic mass is 32.1. The first kappa shape index (κ1) is 19.6. The summed E-state index contributed by atoms with van der Waals surface area (Å²) < 4.78 is 0. The molecule has 1 aliphatic carbocycles. The van der Waals surface area contributed by atoms with Gasteiger partial charge in [-0.15, -0.1) is 11.3 Å². The van der Waals surface area contributed by atoms with Crippen LogP contribution in [-0.4, -0.2) is 11.0 Å². The first-order chi connectivity index (χ1) is 12.2. The van der Waals surface area contributed by atoms with E-state index in [4.69, 9.17) is 10.7 Å². The molecule has 2 nitrogen and oxygen atoms in total. The third-order valence-corrected chi connectivity index (χ3v) is 7.00. The largest absolute Gasteiger partial charge is 0.328 e. The summed E-state index contributed by atoms with van der Waals surface area (Å²) >= 11 is 1.77. The normalized spacial score (nSPS) is 19.2. The van der Waals surface area contributed by atoms with E-state index in [0.29, 0.717) is 6.04 Å². The molecule has 1 atom stereocenters. The Hall–Kier alpha value is -1.19. The van der Waals surface area contributed by atoms with E-state index in [-0.39, 0.29) is 10.8 Å². The summed E-state index contributed by atoms with van der Waals surface area (Å²) in [7, 11) is 0. The average molecular weight is 371 g/mol. The molecule has 3 rings (SSSR count). The van der Waals surface area contributed by atoms with Gasteiger partial charge in [0.25, 0.3) is 0 Å².